The van der Waals surface area contributed by atoms with Crippen molar-refractivity contribution >= 4 is 147 Å². The molecule has 7 aliphatic carbocycles. The Morgan fingerprint density at radius 3 is 0.871 bits per heavy atom. The third-order valence-corrected chi connectivity index (χ3v) is 19.9. The smallest absolute Gasteiger partial charge is 1.00 e. The molecule has 42 heteroatoms. The van der Waals surface area contributed by atoms with E-state index in [0.717, 1.165) is 136 Å². The first-order chi connectivity index (χ1) is 60.6. The number of benzene rings is 1. The number of nitrogens with zero attached hydrogens (tertiary/aromatic N) is 6. The maximum Gasteiger partial charge on any atom is 1.00 e. The number of halogens is 3. The van der Waals surface area contributed by atoms with Gasteiger partial charge in [-0.05, 0) is 305 Å². The summed E-state index contributed by atoms with van der Waals surface area (Å²) in [5.74, 6) is -0.983. The van der Waals surface area contributed by atoms with Crippen LogP contribution in [0.5, 0.6) is 0 Å². The van der Waals surface area contributed by atoms with Crippen LogP contribution in [-0.4, -0.2) is 200 Å². The van der Waals surface area contributed by atoms with E-state index in [1.807, 2.05) is 36.2 Å². The van der Waals surface area contributed by atoms with Crippen LogP contribution in [0.2, 0.25) is 22.7 Å². The van der Waals surface area contributed by atoms with Crippen molar-refractivity contribution in [3.8, 4) is 0 Å². The van der Waals surface area contributed by atoms with E-state index < -0.39 is 54.9 Å². The van der Waals surface area contributed by atoms with E-state index in [1.165, 1.54) is 17.7 Å². The molecule has 0 amide bonds. The van der Waals surface area contributed by atoms with E-state index in [-0.39, 0.29) is 320 Å². The molecule has 0 unspecified atom stereocenters. The predicted octanol–water partition coefficient (Wildman–Crippen LogP) is 2.61. The van der Waals surface area contributed by atoms with Crippen molar-refractivity contribution in [2.75, 3.05) is 52.9 Å². The molecule has 6 heterocycles. The normalized spacial score (nSPS) is 14.6. The number of carbonyl (C=O) groups excluding carboxylic acids is 12. The first-order valence-electron chi connectivity index (χ1n) is 42.1. The van der Waals surface area contributed by atoms with Gasteiger partial charge in [0, 0.05) is 32.8 Å². The number of Topliss-reactive ketones (excluding diaryl/α,β-unsaturated/α-hetero) is 1. The maximum absolute atomic E-state index is 13.2. The standard InChI is InChI=1S/C24H26ClNO3.C14H17NO4.C12H15NO3.2C12H13NO3.C11H12ClNO4.C3H7BO2.CH3BI.CH2O3.2B.2Cs.2Na.3H/c1-2-29-24(28)22-14-19(17-3-4-17)13-21(26-22)23(27)18-7-5-15(6-8-18)16-9-11-20(25)12-10-16;1-3-18-13(16)11-7-10(9-5-6-9)8-12(15-11)14(17)19-4-2;3*1-2-16-12(15)11-6-9(8-3-4-8)5-10(7-14)13-11;1-3-16-10(14)8-5-7(12)6-9(13-8)11(15)17-4-2;5-4(6)3-1-2-3;1-2-3;2-1-4-3;;;;;;;;;/h9-15,17-18H,2-8H2,1H3;7-9H,3-6H2,1-2H3;5-6,8,14H,2-4,7H2,1H3;2*5-8H,2-4H2,1H3;5-6H,3-4H2,1-2H3;3,5-6H,1-2H2;1H3;1,3H;;;;;;;;;/q;;;;;;;;;;;4*+1;3*-1/p-1. The van der Waals surface area contributed by atoms with E-state index >= 15 is 0 Å². The molecule has 0 saturated heterocycles. The number of hydrogen-bond acceptors (Lipinski definition) is 31. The summed E-state index contributed by atoms with van der Waals surface area (Å²) < 4.78 is 39.1. The van der Waals surface area contributed by atoms with E-state index in [1.54, 1.807) is 104 Å². The van der Waals surface area contributed by atoms with Gasteiger partial charge in [0.15, 0.2) is 34.9 Å². The van der Waals surface area contributed by atoms with Crippen molar-refractivity contribution in [1.82, 2.24) is 29.9 Å². The topological polar surface area (TPSA) is 449 Å². The summed E-state index contributed by atoms with van der Waals surface area (Å²) in [6.07, 6.45) is 18.1. The molecular formula is C90H110B4Cl2Cs2IN6Na2O25. The Kier molecular flexibility index (Phi) is 67.5. The van der Waals surface area contributed by atoms with E-state index in [2.05, 4.69) is 69.3 Å². The van der Waals surface area contributed by atoms with Gasteiger partial charge in [0.1, 0.15) is 51.2 Å². The fourth-order valence-corrected chi connectivity index (χ4v) is 12.8. The van der Waals surface area contributed by atoms with Crippen molar-refractivity contribution < 1.29 is 322 Å². The molecule has 7 fully saturated rings. The van der Waals surface area contributed by atoms with Crippen molar-refractivity contribution in [3.63, 3.8) is 0 Å². The molecule has 7 saturated carbocycles. The van der Waals surface area contributed by atoms with Gasteiger partial charge in [-0.2, -0.15) is 22.4 Å². The zero-order chi connectivity index (χ0) is 92.4. The molecule has 31 nitrogen and oxygen atoms in total. The van der Waals surface area contributed by atoms with Crippen LogP contribution in [0.4, 0.5) is 0 Å². The van der Waals surface area contributed by atoms with E-state index in [4.69, 9.17) is 86.3 Å². The summed E-state index contributed by atoms with van der Waals surface area (Å²) in [4.78, 5) is 163. The van der Waals surface area contributed by atoms with Gasteiger partial charge in [-0.3, -0.25) is 19.2 Å². The van der Waals surface area contributed by atoms with Gasteiger partial charge in [-0.1, -0.05) is 55.0 Å². The number of aromatic nitrogens is 6. The van der Waals surface area contributed by atoms with Crippen LogP contribution in [0.15, 0.2) is 97.1 Å². The summed E-state index contributed by atoms with van der Waals surface area (Å²) in [5.41, 5.74) is 9.31. The number of esters is 8. The number of pyridine rings is 6. The number of rotatable bonds is 29. The molecule has 14 rings (SSSR count). The molecule has 132 heavy (non-hydrogen) atoms. The number of hydrogen-bond donors (Lipinski definition) is 3. The summed E-state index contributed by atoms with van der Waals surface area (Å²) in [6.45, 7) is 17.7. The molecule has 6 aromatic heterocycles. The van der Waals surface area contributed by atoms with Crippen LogP contribution >= 0.6 is 45.6 Å². The van der Waals surface area contributed by atoms with Crippen molar-refractivity contribution in [2.24, 2.45) is 5.92 Å². The minimum absolute atomic E-state index is 0. The summed E-state index contributed by atoms with van der Waals surface area (Å²) in [5, 5.41) is 37.0. The molecule has 7 aliphatic rings. The second-order valence-electron chi connectivity index (χ2n) is 29.3. The van der Waals surface area contributed by atoms with Gasteiger partial charge in [0.25, 0.3) is 6.47 Å². The zero-order valence-corrected chi connectivity index (χ0v) is 97.4. The van der Waals surface area contributed by atoms with Crippen molar-refractivity contribution in [1.29, 1.82) is 0 Å². The van der Waals surface area contributed by atoms with Crippen LogP contribution in [0.25, 0.3) is 0 Å². The molecule has 7 aromatic rings. The number of carbonyl (C=O) groups is 12. The van der Waals surface area contributed by atoms with Gasteiger partial charge < -0.3 is 67.5 Å². The zero-order valence-electron chi connectivity index (χ0n) is 80.2. The molecule has 0 bridgehead atoms. The molecule has 0 atom stereocenters. The minimum Gasteiger partial charge on any atom is -1.00 e. The Hall–Kier alpha value is -4.13. The van der Waals surface area contributed by atoms with E-state index in [0.29, 0.717) is 103 Å². The number of aliphatic hydroxyl groups is 1. The number of ether oxygens (including phenoxy) is 8. The number of ketones is 1. The molecular weight excluding hydrogens is 2120 g/mol. The van der Waals surface area contributed by atoms with Gasteiger partial charge in [-0.25, -0.2) is 68.3 Å². The number of aldehydes is 2. The van der Waals surface area contributed by atoms with Crippen molar-refractivity contribution in [2.45, 2.75) is 213 Å². The summed E-state index contributed by atoms with van der Waals surface area (Å²) in [6, 6.07) is 28.4. The Labute approximate surface area is 965 Å². The molecule has 3 N–H and O–H groups in total. The third kappa shape index (κ3) is 46.8. The van der Waals surface area contributed by atoms with Crippen LogP contribution in [0, 0.1) is 5.92 Å². The second-order valence-corrected chi connectivity index (χ2v) is 31.4. The first kappa shape index (κ1) is 128. The SMILES string of the molecule is CCOC(=O)c1cc(C2CC2)cc(C(=O)C2CCC(c3ccc(Cl)cc3)CC2)n1.CCOC(=O)c1cc(C2CC2)cc(C(=O)OCC)n1.CCOC(=O)c1cc(C2CC2)cc(C=O)n1.CCOC(=O)c1cc(C2CC2)cc(C=O)n1.CCOC(=O)c1cc(C2CC2)cc(CO)n1.CCOC(=O)c1cc(Cl)cc(C(=O)OCC)n1.C[B]I.O=CO[O-].OB(O)C1CC1.[B].[B].[Cs+].[Cs+].[H-].[H-].[H-].[Na+].[Na+]. The predicted molar refractivity (Wildman–Crippen MR) is 486 cm³/mol. The Bertz CT molecular complexity index is 4700. The van der Waals surface area contributed by atoms with Crippen LogP contribution in [0.3, 0.4) is 0 Å². The molecule has 7 radical (unpaired) electrons. The van der Waals surface area contributed by atoms with Crippen molar-refractivity contribution in [3.05, 3.63) is 209 Å². The molecule has 687 valence electrons. The minimum atomic E-state index is -1.04. The monoisotopic (exact) mass is 2230 g/mol. The van der Waals surface area contributed by atoms with Gasteiger partial charge in [0.05, 0.1) is 65.2 Å². The fraction of sp³-hybridized carbons (Fsp3) is 0.467. The Morgan fingerprint density at radius 2 is 0.629 bits per heavy atom. The van der Waals surface area contributed by atoms with Crippen LogP contribution < -0.4 is 202 Å². The van der Waals surface area contributed by atoms with Crippen LogP contribution in [-0.2, 0) is 54.2 Å². The molecule has 0 spiro atoms. The van der Waals surface area contributed by atoms with Gasteiger partial charge in [0.2, 0.25) is 0 Å². The van der Waals surface area contributed by atoms with Crippen LogP contribution in [0.1, 0.15) is 352 Å². The number of aliphatic hydroxyl groups excluding tert-OH is 1. The first-order valence-corrected chi connectivity index (χ1v) is 44.1. The molecule has 1 aromatic carbocycles. The van der Waals surface area contributed by atoms with Gasteiger partial charge >= 0.3 is 252 Å². The second kappa shape index (κ2) is 69.7. The third-order valence-electron chi connectivity index (χ3n) is 19.4. The summed E-state index contributed by atoms with van der Waals surface area (Å²) in [7, 11) is -1.04. The maximum atomic E-state index is 13.2. The largest absolute Gasteiger partial charge is 1.00 e. The van der Waals surface area contributed by atoms with E-state index in [9.17, 15) is 52.7 Å². The average molecular weight is 2230 g/mol. The molecule has 0 aliphatic heterocycles. The Morgan fingerprint density at radius 1 is 0.394 bits per heavy atom. The van der Waals surface area contributed by atoms with Gasteiger partial charge in [-0.15, -0.1) is 0 Å². The average Bonchev–Trinajstić information content (AvgIpc) is 1.76. The summed E-state index contributed by atoms with van der Waals surface area (Å²) >= 11 is 13.9. The quantitative estimate of drug-likeness (QED) is 0.00886. The Balaban J connectivity index is -0.000000741. The fourth-order valence-electron chi connectivity index (χ4n) is 12.5.